The minimum Gasteiger partial charge on any atom is -0.323 e. The van der Waals surface area contributed by atoms with Crippen LogP contribution in [0, 0.1) is 0 Å². The summed E-state index contributed by atoms with van der Waals surface area (Å²) in [6.45, 7) is 5.67. The Hall–Kier alpha value is -1.43. The maximum atomic E-state index is 12.4. The number of carbonyl (C=O) groups excluding carboxylic acids is 2. The smallest absolute Gasteiger partial charge is 0.323 e. The quantitative estimate of drug-likeness (QED) is 0.130. The molecule has 1 rings (SSSR count). The van der Waals surface area contributed by atoms with Crippen LogP contribution in [0.15, 0.2) is 0 Å². The van der Waals surface area contributed by atoms with E-state index < -0.39 is 13.0 Å². The molecule has 0 spiro atoms. The van der Waals surface area contributed by atoms with Crippen LogP contribution >= 0.6 is 31.0 Å². The van der Waals surface area contributed by atoms with Gasteiger partial charge in [-0.05, 0) is 20.8 Å². The van der Waals surface area contributed by atoms with Crippen molar-refractivity contribution in [2.24, 2.45) is 0 Å². The van der Waals surface area contributed by atoms with E-state index in [1.165, 1.54) is 11.8 Å². The van der Waals surface area contributed by atoms with Crippen molar-refractivity contribution in [1.82, 2.24) is 9.97 Å². The lowest BCUT2D eigenvalue weighted by atomic mass is 10.5. The van der Waals surface area contributed by atoms with E-state index in [0.29, 0.717) is 12.8 Å². The molecule has 152 valence electrons. The molecule has 0 fully saturated rings. The third kappa shape index (κ3) is 7.99. The Morgan fingerprint density at radius 1 is 1.19 bits per heavy atom. The van der Waals surface area contributed by atoms with Gasteiger partial charge in [0.15, 0.2) is 11.0 Å². The van der Waals surface area contributed by atoms with Crippen molar-refractivity contribution in [1.29, 1.82) is 0 Å². The standard InChI is InChI=1S/C13H21ClN5O6PS/c1-4-23-26(22,24-5-2)8-27-9(3)25-19-12-10(15-6-20)11(14)17-13(18-12)16-7-21/h6-7,9H,4-5,8H2,1-3H3,(H,15,20)(H2,16,17,18,19,21). The Balaban J connectivity index is 2.76. The predicted molar refractivity (Wildman–Crippen MR) is 104 cm³/mol. The molecule has 0 saturated carbocycles. The van der Waals surface area contributed by atoms with Crippen molar-refractivity contribution < 1.29 is 28.0 Å². The van der Waals surface area contributed by atoms with Crippen LogP contribution in [-0.2, 0) is 28.0 Å². The lowest BCUT2D eigenvalue weighted by Gasteiger charge is -2.19. The van der Waals surface area contributed by atoms with Crippen LogP contribution in [0.5, 0.6) is 0 Å². The summed E-state index contributed by atoms with van der Waals surface area (Å²) in [5.74, 6) is -0.0632. The van der Waals surface area contributed by atoms with Gasteiger partial charge < -0.3 is 14.4 Å². The molecule has 1 atom stereocenters. The number of carbonyl (C=O) groups is 2. The summed E-state index contributed by atoms with van der Waals surface area (Å²) in [5.41, 5.74) is 2.18. The van der Waals surface area contributed by atoms with E-state index in [1.807, 2.05) is 0 Å². The van der Waals surface area contributed by atoms with Crippen LogP contribution in [-0.4, -0.2) is 46.9 Å². The van der Waals surface area contributed by atoms with Crippen molar-refractivity contribution in [2.75, 3.05) is 34.8 Å². The van der Waals surface area contributed by atoms with Gasteiger partial charge in [-0.1, -0.05) is 11.6 Å². The molecule has 1 aromatic rings. The minimum absolute atomic E-state index is 0.0247. The van der Waals surface area contributed by atoms with E-state index in [2.05, 4.69) is 26.1 Å². The van der Waals surface area contributed by atoms with Crippen molar-refractivity contribution in [2.45, 2.75) is 26.2 Å². The molecule has 0 aliphatic heterocycles. The van der Waals surface area contributed by atoms with E-state index in [1.54, 1.807) is 20.8 Å². The average molecular weight is 442 g/mol. The first-order valence-corrected chi connectivity index (χ1v) is 10.9. The monoisotopic (exact) mass is 441 g/mol. The molecule has 1 unspecified atom stereocenters. The number of nitrogens with zero attached hydrogens (tertiary/aromatic N) is 2. The van der Waals surface area contributed by atoms with Gasteiger partial charge in [-0.25, -0.2) is 5.48 Å². The van der Waals surface area contributed by atoms with Crippen LogP contribution in [0.4, 0.5) is 17.5 Å². The maximum absolute atomic E-state index is 12.4. The van der Waals surface area contributed by atoms with Crippen molar-refractivity contribution in [3.05, 3.63) is 5.15 Å². The van der Waals surface area contributed by atoms with Gasteiger partial charge in [-0.15, -0.1) is 11.8 Å². The summed E-state index contributed by atoms with van der Waals surface area (Å²) in [6, 6.07) is 0. The highest BCUT2D eigenvalue weighted by atomic mass is 35.5. The molecule has 0 bridgehead atoms. The fourth-order valence-electron chi connectivity index (χ4n) is 1.69. The summed E-state index contributed by atoms with van der Waals surface area (Å²) in [5, 5.41) is 4.48. The van der Waals surface area contributed by atoms with E-state index in [-0.39, 0.29) is 41.3 Å². The van der Waals surface area contributed by atoms with Gasteiger partial charge in [0, 0.05) is 0 Å². The second-order valence-corrected chi connectivity index (χ2v) is 8.74. The van der Waals surface area contributed by atoms with Crippen LogP contribution in [0.3, 0.4) is 0 Å². The zero-order chi connectivity index (χ0) is 20.3. The molecule has 27 heavy (non-hydrogen) atoms. The number of anilines is 3. The number of halogens is 1. The highest BCUT2D eigenvalue weighted by Gasteiger charge is 2.25. The van der Waals surface area contributed by atoms with Gasteiger partial charge >= 0.3 is 7.60 Å². The second-order valence-electron chi connectivity index (χ2n) is 4.62. The van der Waals surface area contributed by atoms with Crippen LogP contribution in [0.25, 0.3) is 0 Å². The van der Waals surface area contributed by atoms with Gasteiger partial charge in [0.1, 0.15) is 11.1 Å². The van der Waals surface area contributed by atoms with Crippen LogP contribution < -0.4 is 16.1 Å². The summed E-state index contributed by atoms with van der Waals surface area (Å²) in [7, 11) is -3.21. The first kappa shape index (κ1) is 23.6. The topological polar surface area (TPSA) is 141 Å². The van der Waals surface area contributed by atoms with Crippen LogP contribution in [0.1, 0.15) is 20.8 Å². The number of nitrogens with one attached hydrogen (secondary N) is 3. The molecule has 2 amide bonds. The SMILES string of the molecule is CCOP(=O)(CSC(C)ONc1nc(NC=O)nc(Cl)c1NC=O)OCC. The second kappa shape index (κ2) is 12.1. The number of amides is 2. The molecule has 14 heteroatoms. The Morgan fingerprint density at radius 3 is 2.37 bits per heavy atom. The average Bonchev–Trinajstić information content (AvgIpc) is 2.61. The third-order valence-corrected chi connectivity index (χ3v) is 6.70. The molecule has 0 aromatic carbocycles. The van der Waals surface area contributed by atoms with Gasteiger partial charge in [-0.3, -0.25) is 24.3 Å². The van der Waals surface area contributed by atoms with Gasteiger partial charge in [0.25, 0.3) is 0 Å². The summed E-state index contributed by atoms with van der Waals surface area (Å²) in [6.07, 6.45) is 0.766. The molecular formula is C13H21ClN5O6PS. The molecule has 0 radical (unpaired) electrons. The van der Waals surface area contributed by atoms with Gasteiger partial charge in [0.2, 0.25) is 18.8 Å². The van der Waals surface area contributed by atoms with E-state index in [4.69, 9.17) is 25.5 Å². The highest BCUT2D eigenvalue weighted by molar-refractivity contribution is 8.04. The maximum Gasteiger partial charge on any atom is 0.340 e. The molecule has 1 aromatic heterocycles. The number of rotatable bonds is 14. The fraction of sp³-hybridized carbons (Fsp3) is 0.538. The summed E-state index contributed by atoms with van der Waals surface area (Å²) >= 11 is 7.14. The summed E-state index contributed by atoms with van der Waals surface area (Å²) < 4.78 is 22.8. The number of hydrogen-bond acceptors (Lipinski definition) is 10. The van der Waals surface area contributed by atoms with E-state index in [0.717, 1.165) is 0 Å². The zero-order valence-corrected chi connectivity index (χ0v) is 17.4. The molecule has 0 saturated heterocycles. The van der Waals surface area contributed by atoms with E-state index in [9.17, 15) is 14.2 Å². The number of aromatic nitrogens is 2. The van der Waals surface area contributed by atoms with Crippen molar-refractivity contribution in [3.8, 4) is 0 Å². The third-order valence-electron chi connectivity index (χ3n) is 2.70. The van der Waals surface area contributed by atoms with E-state index >= 15 is 0 Å². The van der Waals surface area contributed by atoms with Gasteiger partial charge in [0.05, 0.1) is 18.7 Å². The lowest BCUT2D eigenvalue weighted by molar-refractivity contribution is -0.106. The van der Waals surface area contributed by atoms with Crippen molar-refractivity contribution in [3.63, 3.8) is 0 Å². The fourth-order valence-corrected chi connectivity index (χ4v) is 5.05. The summed E-state index contributed by atoms with van der Waals surface area (Å²) in [4.78, 5) is 34.5. The number of hydrogen-bond donors (Lipinski definition) is 3. The minimum atomic E-state index is -3.21. The highest BCUT2D eigenvalue weighted by Crippen LogP contribution is 2.51. The molecule has 1 heterocycles. The molecule has 11 nitrogen and oxygen atoms in total. The Kier molecular flexibility index (Phi) is 10.6. The Morgan fingerprint density at radius 2 is 1.81 bits per heavy atom. The number of thioether (sulfide) groups is 1. The molecule has 3 N–H and O–H groups in total. The lowest BCUT2D eigenvalue weighted by Crippen LogP contribution is -2.15. The predicted octanol–water partition coefficient (Wildman–Crippen LogP) is 2.91. The van der Waals surface area contributed by atoms with Gasteiger partial charge in [-0.2, -0.15) is 9.97 Å². The molecule has 0 aliphatic carbocycles. The first-order chi connectivity index (χ1) is 12.9. The normalized spacial score (nSPS) is 12.3. The van der Waals surface area contributed by atoms with Crippen molar-refractivity contribution >= 4 is 61.2 Å². The largest absolute Gasteiger partial charge is 0.340 e. The Bertz CT molecular complexity index is 675. The first-order valence-electron chi connectivity index (χ1n) is 7.78. The molecular weight excluding hydrogens is 421 g/mol. The zero-order valence-electron chi connectivity index (χ0n) is 14.9. The van der Waals surface area contributed by atoms with Crippen LogP contribution in [0.2, 0.25) is 5.15 Å². The Labute approximate surface area is 165 Å². The molecule has 0 aliphatic rings.